The van der Waals surface area contributed by atoms with Crippen LogP contribution in [0.3, 0.4) is 0 Å². The van der Waals surface area contributed by atoms with Gasteiger partial charge in [0.15, 0.2) is 0 Å². The maximum Gasteiger partial charge on any atom is 0.417 e. The molecule has 0 unspecified atom stereocenters. The number of hydrogen-bond donors (Lipinski definition) is 1. The fraction of sp³-hybridized carbons (Fsp3) is 0.269. The number of imidazole rings is 1. The molecule has 0 aliphatic carbocycles. The molecule has 1 aliphatic rings. The third kappa shape index (κ3) is 5.33. The Hall–Kier alpha value is -3.44. The number of piperidine rings is 1. The van der Waals surface area contributed by atoms with Crippen molar-refractivity contribution in [1.29, 1.82) is 0 Å². The van der Waals surface area contributed by atoms with Crippen molar-refractivity contribution in [1.82, 2.24) is 14.3 Å². The normalized spacial score (nSPS) is 15.4. The Morgan fingerprint density at radius 2 is 1.65 bits per heavy atom. The highest BCUT2D eigenvalue weighted by Crippen LogP contribution is 2.34. The number of aromatic nitrogens is 2. The second kappa shape index (κ2) is 9.79. The van der Waals surface area contributed by atoms with Gasteiger partial charge in [-0.1, -0.05) is 36.4 Å². The van der Waals surface area contributed by atoms with Crippen LogP contribution < -0.4 is 9.62 Å². The third-order valence-electron chi connectivity index (χ3n) is 6.45. The minimum atomic E-state index is -4.78. The van der Waals surface area contributed by atoms with Crippen LogP contribution in [0.1, 0.15) is 24.0 Å². The lowest BCUT2D eigenvalue weighted by molar-refractivity contribution is -0.139. The maximum atomic E-state index is 13.8. The van der Waals surface area contributed by atoms with E-state index in [2.05, 4.69) is 4.72 Å². The summed E-state index contributed by atoms with van der Waals surface area (Å²) in [6.07, 6.45) is -4.01. The molecule has 0 saturated carbocycles. The summed E-state index contributed by atoms with van der Waals surface area (Å²) >= 11 is 0. The zero-order valence-electron chi connectivity index (χ0n) is 19.6. The molecular weight excluding hydrogens is 508 g/mol. The molecule has 0 bridgehead atoms. The number of anilines is 1. The zero-order valence-corrected chi connectivity index (χ0v) is 20.4. The summed E-state index contributed by atoms with van der Waals surface area (Å²) in [6, 6.07) is 17.6. The number of sulfonamides is 1. The molecule has 4 aromatic rings. The number of rotatable bonds is 6. The summed E-state index contributed by atoms with van der Waals surface area (Å²) in [5.74, 6) is 0.345. The minimum absolute atomic E-state index is 0.330. The van der Waals surface area contributed by atoms with E-state index in [1.165, 1.54) is 18.2 Å². The molecule has 1 fully saturated rings. The van der Waals surface area contributed by atoms with Gasteiger partial charge < -0.3 is 9.47 Å². The maximum absolute atomic E-state index is 13.8. The molecule has 1 aromatic heterocycles. The monoisotopic (exact) mass is 532 g/mol. The summed E-state index contributed by atoms with van der Waals surface area (Å²) in [5, 5.41) is 0. The summed E-state index contributed by atoms with van der Waals surface area (Å²) in [5.41, 5.74) is 1.25. The number of alkyl halides is 3. The SMILES string of the molecule is O=S(=O)(NC1CCN(c2nc3ccccc3n2Cc2cccc(F)c2)CC1)c1ccccc1C(F)(F)F. The highest BCUT2D eigenvalue weighted by Gasteiger charge is 2.37. The molecule has 11 heteroatoms. The van der Waals surface area contributed by atoms with Gasteiger partial charge in [0.25, 0.3) is 0 Å². The molecule has 1 aliphatic heterocycles. The summed E-state index contributed by atoms with van der Waals surface area (Å²) in [6.45, 7) is 1.29. The van der Waals surface area contributed by atoms with Gasteiger partial charge in [0.2, 0.25) is 16.0 Å². The van der Waals surface area contributed by atoms with Crippen LogP contribution >= 0.6 is 0 Å². The van der Waals surface area contributed by atoms with Crippen LogP contribution in [0.4, 0.5) is 23.5 Å². The van der Waals surface area contributed by atoms with Gasteiger partial charge in [-0.15, -0.1) is 0 Å². The van der Waals surface area contributed by atoms with Gasteiger partial charge in [-0.2, -0.15) is 13.2 Å². The Kier molecular flexibility index (Phi) is 6.67. The van der Waals surface area contributed by atoms with Gasteiger partial charge in [0, 0.05) is 19.1 Å². The average molecular weight is 533 g/mol. The van der Waals surface area contributed by atoms with Crippen LogP contribution in [0, 0.1) is 5.82 Å². The van der Waals surface area contributed by atoms with E-state index in [0.29, 0.717) is 38.4 Å². The Labute approximate surface area is 211 Å². The van der Waals surface area contributed by atoms with Crippen molar-refractivity contribution in [3.63, 3.8) is 0 Å². The number of hydrogen-bond acceptors (Lipinski definition) is 4. The second-order valence-electron chi connectivity index (χ2n) is 8.99. The van der Waals surface area contributed by atoms with Gasteiger partial charge in [-0.3, -0.25) is 0 Å². The Morgan fingerprint density at radius 1 is 0.946 bits per heavy atom. The largest absolute Gasteiger partial charge is 0.417 e. The quantitative estimate of drug-likeness (QED) is 0.347. The topological polar surface area (TPSA) is 67.2 Å². The standard InChI is InChI=1S/C26H24F4N4O2S/c27-19-7-5-6-18(16-19)17-34-23-10-3-2-9-22(23)31-25(34)33-14-12-20(13-15-33)32-37(35,36)24-11-4-1-8-21(24)26(28,29)30/h1-11,16,20,32H,12-15,17H2. The van der Waals surface area contributed by atoms with Gasteiger partial charge in [0.1, 0.15) is 5.82 Å². The van der Waals surface area contributed by atoms with Crippen LogP contribution in [0.5, 0.6) is 0 Å². The van der Waals surface area contributed by atoms with Gasteiger partial charge in [-0.05, 0) is 54.8 Å². The van der Waals surface area contributed by atoms with Gasteiger partial charge >= 0.3 is 6.18 Å². The molecule has 6 nitrogen and oxygen atoms in total. The fourth-order valence-corrected chi connectivity index (χ4v) is 6.23. The van der Waals surface area contributed by atoms with Crippen LogP contribution in [-0.2, 0) is 22.7 Å². The molecule has 5 rings (SSSR count). The van der Waals surface area contributed by atoms with E-state index in [0.717, 1.165) is 34.8 Å². The first-order chi connectivity index (χ1) is 17.6. The lowest BCUT2D eigenvalue weighted by Crippen LogP contribution is -2.45. The van der Waals surface area contributed by atoms with Gasteiger partial charge in [0.05, 0.1) is 28.0 Å². The van der Waals surface area contributed by atoms with E-state index < -0.39 is 32.7 Å². The van der Waals surface area contributed by atoms with E-state index in [9.17, 15) is 26.0 Å². The van der Waals surface area contributed by atoms with Crippen LogP contribution in [0.15, 0.2) is 77.7 Å². The van der Waals surface area contributed by atoms with E-state index >= 15 is 0 Å². The lowest BCUT2D eigenvalue weighted by atomic mass is 10.1. The number of nitrogens with zero attached hydrogens (tertiary/aromatic N) is 3. The van der Waals surface area contributed by atoms with Crippen molar-refractivity contribution in [2.75, 3.05) is 18.0 Å². The first-order valence-electron chi connectivity index (χ1n) is 11.7. The van der Waals surface area contributed by atoms with Crippen LogP contribution in [-0.4, -0.2) is 37.1 Å². The molecular formula is C26H24F4N4O2S. The van der Waals surface area contributed by atoms with E-state index in [1.807, 2.05) is 39.8 Å². The molecule has 3 aromatic carbocycles. The number of halogens is 4. The Balaban J connectivity index is 1.35. The molecule has 0 atom stereocenters. The molecule has 1 N–H and O–H groups in total. The van der Waals surface area contributed by atoms with Crippen molar-refractivity contribution in [2.24, 2.45) is 0 Å². The number of benzene rings is 3. The van der Waals surface area contributed by atoms with Gasteiger partial charge in [-0.25, -0.2) is 22.5 Å². The Bertz CT molecular complexity index is 1530. The molecule has 0 amide bonds. The van der Waals surface area contributed by atoms with Crippen LogP contribution in [0.25, 0.3) is 11.0 Å². The minimum Gasteiger partial charge on any atom is -0.342 e. The predicted molar refractivity (Wildman–Crippen MR) is 132 cm³/mol. The van der Waals surface area contributed by atoms with E-state index in [1.54, 1.807) is 6.07 Å². The lowest BCUT2D eigenvalue weighted by Gasteiger charge is -2.33. The highest BCUT2D eigenvalue weighted by molar-refractivity contribution is 7.89. The van der Waals surface area contributed by atoms with Crippen molar-refractivity contribution < 1.29 is 26.0 Å². The van der Waals surface area contributed by atoms with E-state index in [-0.39, 0.29) is 5.82 Å². The van der Waals surface area contributed by atoms with Crippen molar-refractivity contribution in [3.8, 4) is 0 Å². The first-order valence-corrected chi connectivity index (χ1v) is 13.2. The smallest absolute Gasteiger partial charge is 0.342 e. The van der Waals surface area contributed by atoms with Crippen molar-refractivity contribution >= 4 is 27.0 Å². The Morgan fingerprint density at radius 3 is 2.38 bits per heavy atom. The molecule has 37 heavy (non-hydrogen) atoms. The summed E-state index contributed by atoms with van der Waals surface area (Å²) in [7, 11) is -4.37. The second-order valence-corrected chi connectivity index (χ2v) is 10.7. The number of para-hydroxylation sites is 2. The summed E-state index contributed by atoms with van der Waals surface area (Å²) < 4.78 is 84.1. The molecule has 1 saturated heterocycles. The molecule has 0 spiro atoms. The average Bonchev–Trinajstić information content (AvgIpc) is 3.22. The van der Waals surface area contributed by atoms with E-state index in [4.69, 9.17) is 4.98 Å². The molecule has 194 valence electrons. The third-order valence-corrected chi connectivity index (χ3v) is 8.02. The first kappa shape index (κ1) is 25.2. The summed E-state index contributed by atoms with van der Waals surface area (Å²) in [4.78, 5) is 6.02. The zero-order chi connectivity index (χ0) is 26.2. The van der Waals surface area contributed by atoms with Crippen molar-refractivity contribution in [3.05, 3.63) is 89.7 Å². The van der Waals surface area contributed by atoms with Crippen LogP contribution in [0.2, 0.25) is 0 Å². The predicted octanol–water partition coefficient (Wildman–Crippen LogP) is 5.19. The number of fused-ring (bicyclic) bond motifs is 1. The molecule has 0 radical (unpaired) electrons. The highest BCUT2D eigenvalue weighted by atomic mass is 32.2. The fourth-order valence-electron chi connectivity index (χ4n) is 4.69. The van der Waals surface area contributed by atoms with Crippen molar-refractivity contribution in [2.45, 2.75) is 36.5 Å². The number of nitrogens with one attached hydrogen (secondary N) is 1. The molecule has 2 heterocycles.